The fraction of sp³-hybridized carbons (Fsp3) is 0.500. The van der Waals surface area contributed by atoms with Crippen LogP contribution in [0, 0.1) is 0 Å². The minimum atomic E-state index is 0.943. The molecule has 1 saturated heterocycles. The van der Waals surface area contributed by atoms with Crippen LogP contribution in [0.3, 0.4) is 0 Å². The average molecular weight is 385 g/mol. The standard InChI is InChI=1S/C20H28N6S/c1-3-23(4-2)9-10-24-11-13-25(14-12-24)19-7-8-21-20-17(16-22-26(19)20)18-6-5-15-27-18/h5-8,15-16H,3-4,9-14H2,1-2H3. The van der Waals surface area contributed by atoms with Gasteiger partial charge in [-0.3, -0.25) is 4.90 Å². The number of nitrogens with zero attached hydrogens (tertiary/aromatic N) is 6. The van der Waals surface area contributed by atoms with E-state index in [1.54, 1.807) is 11.3 Å². The first kappa shape index (κ1) is 18.4. The van der Waals surface area contributed by atoms with Crippen molar-refractivity contribution in [1.82, 2.24) is 24.4 Å². The van der Waals surface area contributed by atoms with Crippen LogP contribution in [0.2, 0.25) is 0 Å². The highest BCUT2D eigenvalue weighted by Gasteiger charge is 2.20. The Balaban J connectivity index is 1.45. The Kier molecular flexibility index (Phi) is 5.71. The van der Waals surface area contributed by atoms with E-state index in [9.17, 15) is 0 Å². The molecule has 6 nitrogen and oxygen atoms in total. The summed E-state index contributed by atoms with van der Waals surface area (Å²) in [7, 11) is 0. The Hall–Kier alpha value is -1.96. The quantitative estimate of drug-likeness (QED) is 0.626. The maximum absolute atomic E-state index is 4.65. The van der Waals surface area contributed by atoms with E-state index < -0.39 is 0 Å². The Morgan fingerprint density at radius 1 is 1.11 bits per heavy atom. The summed E-state index contributed by atoms with van der Waals surface area (Å²) in [4.78, 5) is 13.3. The van der Waals surface area contributed by atoms with E-state index in [4.69, 9.17) is 0 Å². The van der Waals surface area contributed by atoms with E-state index in [-0.39, 0.29) is 0 Å². The molecule has 27 heavy (non-hydrogen) atoms. The van der Waals surface area contributed by atoms with Gasteiger partial charge in [0.2, 0.25) is 0 Å². The topological polar surface area (TPSA) is 39.9 Å². The van der Waals surface area contributed by atoms with Crippen molar-refractivity contribution in [3.05, 3.63) is 36.0 Å². The van der Waals surface area contributed by atoms with Crippen molar-refractivity contribution in [3.63, 3.8) is 0 Å². The lowest BCUT2D eigenvalue weighted by Crippen LogP contribution is -2.49. The van der Waals surface area contributed by atoms with E-state index in [0.29, 0.717) is 0 Å². The second kappa shape index (κ2) is 8.37. The molecular weight excluding hydrogens is 356 g/mol. The number of anilines is 1. The van der Waals surface area contributed by atoms with Crippen molar-refractivity contribution in [1.29, 1.82) is 0 Å². The van der Waals surface area contributed by atoms with Gasteiger partial charge in [0.05, 0.1) is 11.8 Å². The van der Waals surface area contributed by atoms with Gasteiger partial charge in [-0.15, -0.1) is 11.3 Å². The van der Waals surface area contributed by atoms with Crippen LogP contribution >= 0.6 is 11.3 Å². The third-order valence-corrected chi connectivity index (χ3v) is 6.39. The van der Waals surface area contributed by atoms with Crippen molar-refractivity contribution in [3.8, 4) is 10.4 Å². The lowest BCUT2D eigenvalue weighted by Gasteiger charge is -2.36. The maximum atomic E-state index is 4.65. The van der Waals surface area contributed by atoms with Crippen LogP contribution in [0.25, 0.3) is 16.1 Å². The van der Waals surface area contributed by atoms with Gasteiger partial charge in [-0.05, 0) is 30.6 Å². The lowest BCUT2D eigenvalue weighted by atomic mass is 10.2. The molecule has 0 spiro atoms. The molecule has 4 heterocycles. The number of likely N-dealkylation sites (N-methyl/N-ethyl adjacent to an activating group) is 1. The van der Waals surface area contributed by atoms with E-state index in [1.165, 1.54) is 4.88 Å². The molecule has 4 rings (SSSR count). The van der Waals surface area contributed by atoms with Crippen LogP contribution in [0.4, 0.5) is 5.82 Å². The molecule has 0 atom stereocenters. The van der Waals surface area contributed by atoms with Crippen molar-refractivity contribution in [2.75, 3.05) is 57.3 Å². The molecule has 144 valence electrons. The third kappa shape index (κ3) is 3.85. The van der Waals surface area contributed by atoms with Crippen molar-refractivity contribution < 1.29 is 0 Å². The number of aromatic nitrogens is 3. The first-order valence-electron chi connectivity index (χ1n) is 9.86. The predicted molar refractivity (Wildman–Crippen MR) is 113 cm³/mol. The number of piperazine rings is 1. The van der Waals surface area contributed by atoms with Gasteiger partial charge in [0, 0.05) is 50.3 Å². The number of rotatable bonds is 7. The van der Waals surface area contributed by atoms with Gasteiger partial charge in [0.25, 0.3) is 0 Å². The van der Waals surface area contributed by atoms with Gasteiger partial charge in [-0.2, -0.15) is 9.61 Å². The Morgan fingerprint density at radius 3 is 2.63 bits per heavy atom. The molecule has 3 aromatic rings. The molecule has 1 aliphatic rings. The zero-order valence-electron chi connectivity index (χ0n) is 16.2. The minimum Gasteiger partial charge on any atom is -0.354 e. The Bertz CT molecular complexity index is 847. The van der Waals surface area contributed by atoms with Crippen molar-refractivity contribution >= 4 is 22.8 Å². The summed E-state index contributed by atoms with van der Waals surface area (Å²) >= 11 is 1.73. The number of hydrogen-bond acceptors (Lipinski definition) is 6. The summed E-state index contributed by atoms with van der Waals surface area (Å²) in [6, 6.07) is 6.29. The number of fused-ring (bicyclic) bond motifs is 1. The highest BCUT2D eigenvalue weighted by Crippen LogP contribution is 2.29. The normalized spacial score (nSPS) is 15.9. The molecule has 0 amide bonds. The van der Waals surface area contributed by atoms with Crippen LogP contribution in [0.1, 0.15) is 13.8 Å². The fourth-order valence-corrected chi connectivity index (χ4v) is 4.48. The summed E-state index contributed by atoms with van der Waals surface area (Å²) in [5.41, 5.74) is 2.06. The van der Waals surface area contributed by atoms with Crippen LogP contribution in [-0.2, 0) is 0 Å². The molecule has 0 radical (unpaired) electrons. The Labute approximate surface area is 165 Å². The molecule has 1 aliphatic heterocycles. The monoisotopic (exact) mass is 384 g/mol. The molecule has 1 fully saturated rings. The smallest absolute Gasteiger partial charge is 0.166 e. The van der Waals surface area contributed by atoms with Crippen LogP contribution in [-0.4, -0.2) is 76.8 Å². The molecule has 0 saturated carbocycles. The van der Waals surface area contributed by atoms with E-state index in [1.807, 2.05) is 16.9 Å². The predicted octanol–water partition coefficient (Wildman–Crippen LogP) is 2.92. The van der Waals surface area contributed by atoms with Crippen LogP contribution in [0.5, 0.6) is 0 Å². The summed E-state index contributed by atoms with van der Waals surface area (Å²) in [6.45, 7) is 13.3. The van der Waals surface area contributed by atoms with Crippen molar-refractivity contribution in [2.45, 2.75) is 13.8 Å². The molecule has 3 aromatic heterocycles. The zero-order valence-corrected chi connectivity index (χ0v) is 17.0. The molecule has 0 bridgehead atoms. The Morgan fingerprint density at radius 2 is 1.93 bits per heavy atom. The summed E-state index contributed by atoms with van der Waals surface area (Å²) < 4.78 is 2.00. The SMILES string of the molecule is CCN(CC)CCN1CCN(c2ccnc3c(-c4cccs4)cnn23)CC1. The fourth-order valence-electron chi connectivity index (χ4n) is 3.75. The summed E-state index contributed by atoms with van der Waals surface area (Å²) in [5.74, 6) is 1.14. The van der Waals surface area contributed by atoms with Gasteiger partial charge in [-0.1, -0.05) is 19.9 Å². The molecule has 0 aromatic carbocycles. The lowest BCUT2D eigenvalue weighted by molar-refractivity contribution is 0.205. The molecule has 0 aliphatic carbocycles. The van der Waals surface area contributed by atoms with Gasteiger partial charge < -0.3 is 9.80 Å². The summed E-state index contributed by atoms with van der Waals surface area (Å²) in [5, 5.41) is 6.75. The average Bonchev–Trinajstić information content (AvgIpc) is 3.38. The first-order chi connectivity index (χ1) is 13.3. The molecular formula is C20H28N6S. The van der Waals surface area contributed by atoms with E-state index in [2.05, 4.69) is 62.2 Å². The molecule has 7 heteroatoms. The summed E-state index contributed by atoms with van der Waals surface area (Å²) in [6.07, 6.45) is 3.86. The molecule has 0 unspecified atom stereocenters. The largest absolute Gasteiger partial charge is 0.354 e. The number of hydrogen-bond donors (Lipinski definition) is 0. The third-order valence-electron chi connectivity index (χ3n) is 5.49. The van der Waals surface area contributed by atoms with Gasteiger partial charge in [0.1, 0.15) is 5.82 Å². The van der Waals surface area contributed by atoms with Gasteiger partial charge >= 0.3 is 0 Å². The maximum Gasteiger partial charge on any atom is 0.166 e. The van der Waals surface area contributed by atoms with Crippen LogP contribution in [0.15, 0.2) is 36.0 Å². The minimum absolute atomic E-state index is 0.943. The zero-order chi connectivity index (χ0) is 18.6. The molecule has 0 N–H and O–H groups in total. The van der Waals surface area contributed by atoms with Crippen molar-refractivity contribution in [2.24, 2.45) is 0 Å². The van der Waals surface area contributed by atoms with Gasteiger partial charge in [-0.25, -0.2) is 4.98 Å². The van der Waals surface area contributed by atoms with Crippen LogP contribution < -0.4 is 4.90 Å². The second-order valence-corrected chi connectivity index (χ2v) is 7.88. The highest BCUT2D eigenvalue weighted by atomic mass is 32.1. The highest BCUT2D eigenvalue weighted by molar-refractivity contribution is 7.13. The van der Waals surface area contributed by atoms with E-state index >= 15 is 0 Å². The first-order valence-corrected chi connectivity index (χ1v) is 10.7. The number of thiophene rings is 1. The second-order valence-electron chi connectivity index (χ2n) is 6.93. The van der Waals surface area contributed by atoms with E-state index in [0.717, 1.165) is 69.4 Å². The van der Waals surface area contributed by atoms with Gasteiger partial charge in [0.15, 0.2) is 5.65 Å².